The molecule has 0 saturated carbocycles. The first-order valence-corrected chi connectivity index (χ1v) is 4.26. The second-order valence-electron chi connectivity index (χ2n) is 2.67. The van der Waals surface area contributed by atoms with E-state index in [0.29, 0.717) is 13.2 Å². The lowest BCUT2D eigenvalue weighted by Crippen LogP contribution is -2.01. The number of aliphatic imine (C=N–C) groups is 1. The van der Waals surface area contributed by atoms with Gasteiger partial charge in [0.05, 0.1) is 24.6 Å². The van der Waals surface area contributed by atoms with Gasteiger partial charge >= 0.3 is 0 Å². The Bertz CT molecular complexity index is 270. The summed E-state index contributed by atoms with van der Waals surface area (Å²) in [6.07, 6.45) is 1.77. The van der Waals surface area contributed by atoms with Crippen LogP contribution in [0.1, 0.15) is 12.6 Å². The molecule has 3 heteroatoms. The monoisotopic (exact) mass is 178 g/mol. The van der Waals surface area contributed by atoms with E-state index in [-0.39, 0.29) is 0 Å². The van der Waals surface area contributed by atoms with E-state index in [1.54, 1.807) is 13.3 Å². The summed E-state index contributed by atoms with van der Waals surface area (Å²) in [4.78, 5) is 8.50. The maximum Gasteiger partial charge on any atom is 0.0837 e. The van der Waals surface area contributed by atoms with Crippen LogP contribution in [0, 0.1) is 0 Å². The molecule has 0 atom stereocenters. The maximum atomic E-state index is 4.90. The van der Waals surface area contributed by atoms with Crippen LogP contribution in [0.15, 0.2) is 29.4 Å². The quantitative estimate of drug-likeness (QED) is 0.517. The highest BCUT2D eigenvalue weighted by Gasteiger charge is 1.95. The van der Waals surface area contributed by atoms with Crippen molar-refractivity contribution in [2.75, 3.05) is 20.3 Å². The van der Waals surface area contributed by atoms with Gasteiger partial charge in [0.25, 0.3) is 0 Å². The number of pyridine rings is 1. The highest BCUT2D eigenvalue weighted by Crippen LogP contribution is 1.95. The van der Waals surface area contributed by atoms with E-state index >= 15 is 0 Å². The van der Waals surface area contributed by atoms with Crippen LogP contribution in [0.25, 0.3) is 0 Å². The van der Waals surface area contributed by atoms with Crippen LogP contribution >= 0.6 is 0 Å². The largest absolute Gasteiger partial charge is 0.383 e. The zero-order chi connectivity index (χ0) is 9.52. The predicted octanol–water partition coefficient (Wildman–Crippen LogP) is 1.54. The third-order valence-electron chi connectivity index (χ3n) is 1.68. The molecule has 1 aromatic heterocycles. The van der Waals surface area contributed by atoms with Crippen molar-refractivity contribution in [3.63, 3.8) is 0 Å². The van der Waals surface area contributed by atoms with Gasteiger partial charge in [-0.1, -0.05) is 6.07 Å². The van der Waals surface area contributed by atoms with Crippen molar-refractivity contribution in [2.45, 2.75) is 6.92 Å². The summed E-state index contributed by atoms with van der Waals surface area (Å²) in [5.74, 6) is 0. The molecule has 0 aliphatic heterocycles. The van der Waals surface area contributed by atoms with E-state index in [2.05, 4.69) is 9.98 Å². The maximum absolute atomic E-state index is 4.90. The summed E-state index contributed by atoms with van der Waals surface area (Å²) < 4.78 is 4.90. The molecule has 0 spiro atoms. The van der Waals surface area contributed by atoms with Crippen LogP contribution in [0.4, 0.5) is 0 Å². The minimum Gasteiger partial charge on any atom is -0.383 e. The molecule has 0 saturated heterocycles. The van der Waals surface area contributed by atoms with Crippen molar-refractivity contribution in [1.82, 2.24) is 4.98 Å². The van der Waals surface area contributed by atoms with Gasteiger partial charge < -0.3 is 4.74 Å². The SMILES string of the molecule is COCCN=C(C)c1ccccn1. The zero-order valence-corrected chi connectivity index (χ0v) is 8.03. The molecule has 0 aromatic carbocycles. The molecule has 0 unspecified atom stereocenters. The van der Waals surface area contributed by atoms with E-state index in [9.17, 15) is 0 Å². The third-order valence-corrected chi connectivity index (χ3v) is 1.68. The third kappa shape index (κ3) is 3.34. The fourth-order valence-corrected chi connectivity index (χ4v) is 0.962. The number of aromatic nitrogens is 1. The van der Waals surface area contributed by atoms with E-state index in [1.807, 2.05) is 25.1 Å². The summed E-state index contributed by atoms with van der Waals surface area (Å²) in [6, 6.07) is 5.80. The molecule has 13 heavy (non-hydrogen) atoms. The average Bonchev–Trinajstić information content (AvgIpc) is 2.19. The molecule has 0 fully saturated rings. The molecule has 0 bridgehead atoms. The average molecular weight is 178 g/mol. The van der Waals surface area contributed by atoms with E-state index in [4.69, 9.17) is 4.74 Å². The smallest absolute Gasteiger partial charge is 0.0837 e. The Morgan fingerprint density at radius 1 is 1.54 bits per heavy atom. The van der Waals surface area contributed by atoms with E-state index < -0.39 is 0 Å². The first kappa shape index (κ1) is 9.86. The van der Waals surface area contributed by atoms with Crippen LogP contribution in [0.2, 0.25) is 0 Å². The number of hydrogen-bond acceptors (Lipinski definition) is 3. The summed E-state index contributed by atoms with van der Waals surface area (Å²) in [7, 11) is 1.67. The molecule has 0 aliphatic rings. The molecule has 1 aromatic rings. The number of nitrogens with zero attached hydrogens (tertiary/aromatic N) is 2. The van der Waals surface area contributed by atoms with Crippen LogP contribution in [0.5, 0.6) is 0 Å². The molecule has 70 valence electrons. The van der Waals surface area contributed by atoms with E-state index in [0.717, 1.165) is 11.4 Å². The summed E-state index contributed by atoms with van der Waals surface area (Å²) in [5.41, 5.74) is 1.89. The fourth-order valence-electron chi connectivity index (χ4n) is 0.962. The fraction of sp³-hybridized carbons (Fsp3) is 0.400. The molecular weight excluding hydrogens is 164 g/mol. The van der Waals surface area contributed by atoms with Crippen molar-refractivity contribution in [1.29, 1.82) is 0 Å². The Morgan fingerprint density at radius 2 is 2.38 bits per heavy atom. The Morgan fingerprint density at radius 3 is 3.00 bits per heavy atom. The van der Waals surface area contributed by atoms with Gasteiger partial charge in [-0.3, -0.25) is 9.98 Å². The van der Waals surface area contributed by atoms with Crippen LogP contribution in [0.3, 0.4) is 0 Å². The topological polar surface area (TPSA) is 34.5 Å². The molecule has 3 nitrogen and oxygen atoms in total. The van der Waals surface area contributed by atoms with Gasteiger partial charge in [-0.15, -0.1) is 0 Å². The molecular formula is C10H14N2O. The molecule has 1 rings (SSSR count). The van der Waals surface area contributed by atoms with Gasteiger partial charge in [0.15, 0.2) is 0 Å². The molecule has 0 N–H and O–H groups in total. The Balaban J connectivity index is 2.57. The first-order chi connectivity index (χ1) is 6.34. The lowest BCUT2D eigenvalue weighted by molar-refractivity contribution is 0.208. The standard InChI is InChI=1S/C10H14N2O/c1-9(11-7-8-13-2)10-5-3-4-6-12-10/h3-6H,7-8H2,1-2H3. The minimum absolute atomic E-state index is 0.657. The zero-order valence-electron chi connectivity index (χ0n) is 8.03. The summed E-state index contributed by atoms with van der Waals surface area (Å²) in [6.45, 7) is 3.31. The van der Waals surface area contributed by atoms with Crippen molar-refractivity contribution >= 4 is 5.71 Å². The van der Waals surface area contributed by atoms with Gasteiger partial charge in [0.1, 0.15) is 0 Å². The molecule has 1 heterocycles. The summed E-state index contributed by atoms with van der Waals surface area (Å²) in [5, 5.41) is 0. The number of hydrogen-bond donors (Lipinski definition) is 0. The summed E-state index contributed by atoms with van der Waals surface area (Å²) >= 11 is 0. The van der Waals surface area contributed by atoms with E-state index in [1.165, 1.54) is 0 Å². The Hall–Kier alpha value is -1.22. The lowest BCUT2D eigenvalue weighted by atomic mass is 10.2. The van der Waals surface area contributed by atoms with Crippen LogP contribution < -0.4 is 0 Å². The number of ether oxygens (including phenoxy) is 1. The van der Waals surface area contributed by atoms with Gasteiger partial charge in [-0.25, -0.2) is 0 Å². The second kappa shape index (κ2) is 5.43. The van der Waals surface area contributed by atoms with Crippen molar-refractivity contribution in [3.8, 4) is 0 Å². The minimum atomic E-state index is 0.657. The van der Waals surface area contributed by atoms with Crippen LogP contribution in [-0.2, 0) is 4.74 Å². The number of rotatable bonds is 4. The van der Waals surface area contributed by atoms with Gasteiger partial charge in [0.2, 0.25) is 0 Å². The van der Waals surface area contributed by atoms with Crippen molar-refractivity contribution in [3.05, 3.63) is 30.1 Å². The van der Waals surface area contributed by atoms with Crippen molar-refractivity contribution in [2.24, 2.45) is 4.99 Å². The lowest BCUT2D eigenvalue weighted by Gasteiger charge is -1.98. The second-order valence-corrected chi connectivity index (χ2v) is 2.67. The van der Waals surface area contributed by atoms with Crippen molar-refractivity contribution < 1.29 is 4.74 Å². The van der Waals surface area contributed by atoms with Gasteiger partial charge in [-0.2, -0.15) is 0 Å². The van der Waals surface area contributed by atoms with Gasteiger partial charge in [0, 0.05) is 13.3 Å². The number of methoxy groups -OCH3 is 1. The Labute approximate surface area is 78.5 Å². The highest BCUT2D eigenvalue weighted by atomic mass is 16.5. The van der Waals surface area contributed by atoms with Gasteiger partial charge in [-0.05, 0) is 19.1 Å². The molecule has 0 amide bonds. The molecule has 0 aliphatic carbocycles. The highest BCUT2D eigenvalue weighted by molar-refractivity contribution is 5.96. The Kier molecular flexibility index (Phi) is 4.12. The molecule has 0 radical (unpaired) electrons. The first-order valence-electron chi connectivity index (χ1n) is 4.26. The normalized spacial score (nSPS) is 11.7. The predicted molar refractivity (Wildman–Crippen MR) is 53.2 cm³/mol. The van der Waals surface area contributed by atoms with Crippen LogP contribution in [-0.4, -0.2) is 31.0 Å².